The summed E-state index contributed by atoms with van der Waals surface area (Å²) >= 11 is 1.08. The van der Waals surface area contributed by atoms with Crippen LogP contribution < -0.4 is 5.32 Å². The summed E-state index contributed by atoms with van der Waals surface area (Å²) < 4.78 is 19.2. The molecule has 24 heavy (non-hydrogen) atoms. The van der Waals surface area contributed by atoms with Crippen molar-refractivity contribution < 1.29 is 9.18 Å². The summed E-state index contributed by atoms with van der Waals surface area (Å²) in [7, 11) is 0. The van der Waals surface area contributed by atoms with Crippen LogP contribution >= 0.6 is 11.5 Å². The number of benzene rings is 1. The highest BCUT2D eigenvalue weighted by atomic mass is 32.1. The van der Waals surface area contributed by atoms with Crippen molar-refractivity contribution in [1.29, 1.82) is 0 Å². The first kappa shape index (κ1) is 16.3. The third-order valence-corrected chi connectivity index (χ3v) is 4.59. The molecular formula is C17H17FN4OS. The van der Waals surface area contributed by atoms with Crippen molar-refractivity contribution in [3.8, 4) is 0 Å². The van der Waals surface area contributed by atoms with Gasteiger partial charge in [-0.25, -0.2) is 4.39 Å². The van der Waals surface area contributed by atoms with E-state index in [0.29, 0.717) is 23.5 Å². The normalized spacial score (nSPS) is 12.1. The molecule has 0 saturated carbocycles. The molecule has 1 N–H and O–H groups in total. The maximum Gasteiger partial charge on any atom is 0.265 e. The number of aromatic nitrogens is 3. The van der Waals surface area contributed by atoms with Gasteiger partial charge in [-0.1, -0.05) is 16.6 Å². The van der Waals surface area contributed by atoms with Gasteiger partial charge in [-0.05, 0) is 54.7 Å². The second-order valence-corrected chi connectivity index (χ2v) is 6.27. The first-order valence-corrected chi connectivity index (χ1v) is 8.35. The third-order valence-electron chi connectivity index (χ3n) is 3.77. The fourth-order valence-corrected chi connectivity index (χ4v) is 3.11. The molecule has 0 fully saturated rings. The van der Waals surface area contributed by atoms with Crippen LogP contribution in [-0.2, 0) is 6.42 Å². The molecule has 5 nitrogen and oxygen atoms in total. The molecule has 0 radical (unpaired) electrons. The molecule has 2 aromatic heterocycles. The number of halogens is 1. The fourth-order valence-electron chi connectivity index (χ4n) is 2.54. The Balaban J connectivity index is 1.71. The Bertz CT molecular complexity index is 816. The average Bonchev–Trinajstić information content (AvgIpc) is 3.22. The average molecular weight is 344 g/mol. The van der Waals surface area contributed by atoms with Crippen LogP contribution in [0.1, 0.15) is 27.0 Å². The van der Waals surface area contributed by atoms with Gasteiger partial charge in [0, 0.05) is 18.9 Å². The molecular weight excluding hydrogens is 327 g/mol. The first-order valence-electron chi connectivity index (χ1n) is 7.57. The first-order chi connectivity index (χ1) is 11.6. The van der Waals surface area contributed by atoms with E-state index in [-0.39, 0.29) is 17.8 Å². The van der Waals surface area contributed by atoms with Gasteiger partial charge in [-0.3, -0.25) is 4.79 Å². The van der Waals surface area contributed by atoms with Crippen LogP contribution in [0, 0.1) is 12.7 Å². The van der Waals surface area contributed by atoms with Crippen LogP contribution in [0.25, 0.3) is 0 Å². The minimum Gasteiger partial charge on any atom is -0.349 e. The van der Waals surface area contributed by atoms with Crippen LogP contribution in [0.4, 0.5) is 4.39 Å². The van der Waals surface area contributed by atoms with Gasteiger partial charge < -0.3 is 9.88 Å². The smallest absolute Gasteiger partial charge is 0.265 e. The van der Waals surface area contributed by atoms with E-state index in [0.717, 1.165) is 17.1 Å². The maximum atomic E-state index is 13.4. The molecule has 0 saturated heterocycles. The number of hydrogen-bond acceptors (Lipinski definition) is 4. The van der Waals surface area contributed by atoms with Gasteiger partial charge in [-0.15, -0.1) is 5.10 Å². The molecule has 3 rings (SSSR count). The molecule has 124 valence electrons. The lowest BCUT2D eigenvalue weighted by molar-refractivity contribution is 0.0951. The zero-order valence-corrected chi connectivity index (χ0v) is 14.0. The second kappa shape index (κ2) is 7.35. The van der Waals surface area contributed by atoms with Crippen molar-refractivity contribution in [3.63, 3.8) is 0 Å². The van der Waals surface area contributed by atoms with Gasteiger partial charge in [0.2, 0.25) is 0 Å². The summed E-state index contributed by atoms with van der Waals surface area (Å²) in [6.45, 7) is 2.19. The van der Waals surface area contributed by atoms with E-state index in [9.17, 15) is 9.18 Å². The quantitative estimate of drug-likeness (QED) is 0.748. The van der Waals surface area contributed by atoms with E-state index < -0.39 is 0 Å². The van der Waals surface area contributed by atoms with Crippen molar-refractivity contribution >= 4 is 17.4 Å². The summed E-state index contributed by atoms with van der Waals surface area (Å²) in [6, 6.07) is 10.4. The fraction of sp³-hybridized carbons (Fsp3) is 0.235. The second-order valence-electron chi connectivity index (χ2n) is 5.52. The number of hydrogen-bond donors (Lipinski definition) is 1. The molecule has 0 aliphatic heterocycles. The van der Waals surface area contributed by atoms with Gasteiger partial charge in [-0.2, -0.15) is 0 Å². The summed E-state index contributed by atoms with van der Waals surface area (Å²) in [6.07, 6.45) is 4.50. The van der Waals surface area contributed by atoms with Crippen molar-refractivity contribution in [2.24, 2.45) is 0 Å². The zero-order chi connectivity index (χ0) is 16.9. The van der Waals surface area contributed by atoms with Gasteiger partial charge in [0.15, 0.2) is 0 Å². The SMILES string of the molecule is Cc1nnsc1C(=O)NCC(Cc1cccc(F)c1)n1cccc1. The van der Waals surface area contributed by atoms with Crippen molar-refractivity contribution in [2.45, 2.75) is 19.4 Å². The highest BCUT2D eigenvalue weighted by Crippen LogP contribution is 2.16. The lowest BCUT2D eigenvalue weighted by Gasteiger charge is -2.20. The zero-order valence-electron chi connectivity index (χ0n) is 13.1. The van der Waals surface area contributed by atoms with Gasteiger partial charge in [0.1, 0.15) is 10.7 Å². The van der Waals surface area contributed by atoms with Crippen LogP contribution in [0.15, 0.2) is 48.8 Å². The molecule has 0 aliphatic carbocycles. The van der Waals surface area contributed by atoms with Crippen LogP contribution in [0.3, 0.4) is 0 Å². The largest absolute Gasteiger partial charge is 0.349 e. The monoisotopic (exact) mass is 344 g/mol. The number of nitrogens with one attached hydrogen (secondary N) is 1. The maximum absolute atomic E-state index is 13.4. The topological polar surface area (TPSA) is 59.8 Å². The van der Waals surface area contributed by atoms with E-state index >= 15 is 0 Å². The Morgan fingerprint density at radius 1 is 1.33 bits per heavy atom. The number of carbonyl (C=O) groups is 1. The highest BCUT2D eigenvalue weighted by Gasteiger charge is 2.17. The van der Waals surface area contributed by atoms with Gasteiger partial charge in [0.25, 0.3) is 5.91 Å². The Kier molecular flexibility index (Phi) is 5.00. The lowest BCUT2D eigenvalue weighted by atomic mass is 10.1. The molecule has 0 bridgehead atoms. The number of aryl methyl sites for hydroxylation is 1. The van der Waals surface area contributed by atoms with E-state index in [1.54, 1.807) is 13.0 Å². The molecule has 0 aliphatic rings. The molecule has 2 heterocycles. The van der Waals surface area contributed by atoms with E-state index in [1.165, 1.54) is 12.1 Å². The summed E-state index contributed by atoms with van der Waals surface area (Å²) in [5, 5.41) is 6.78. The predicted octanol–water partition coefficient (Wildman–Crippen LogP) is 3.00. The van der Waals surface area contributed by atoms with Crippen molar-refractivity contribution in [1.82, 2.24) is 19.5 Å². The number of nitrogens with zero attached hydrogens (tertiary/aromatic N) is 3. The van der Waals surface area contributed by atoms with Crippen LogP contribution in [-0.4, -0.2) is 26.6 Å². The minimum absolute atomic E-state index is 0.00747. The molecule has 1 amide bonds. The molecule has 0 spiro atoms. The van der Waals surface area contributed by atoms with Crippen LogP contribution in [0.5, 0.6) is 0 Å². The number of amides is 1. The van der Waals surface area contributed by atoms with Gasteiger partial charge >= 0.3 is 0 Å². The molecule has 1 atom stereocenters. The van der Waals surface area contributed by atoms with E-state index in [4.69, 9.17) is 0 Å². The standard InChI is InChI=1S/C17H17FN4OS/c1-12-16(24-21-20-12)17(23)19-11-15(22-7-2-3-8-22)10-13-5-4-6-14(18)9-13/h2-9,15H,10-11H2,1H3,(H,19,23). The molecule has 7 heteroatoms. The Morgan fingerprint density at radius 3 is 2.79 bits per heavy atom. The van der Waals surface area contributed by atoms with Gasteiger partial charge in [0.05, 0.1) is 11.7 Å². The van der Waals surface area contributed by atoms with Crippen LogP contribution in [0.2, 0.25) is 0 Å². The van der Waals surface area contributed by atoms with Crippen molar-refractivity contribution in [3.05, 3.63) is 70.7 Å². The van der Waals surface area contributed by atoms with E-state index in [2.05, 4.69) is 14.9 Å². The Hall–Kier alpha value is -2.54. The van der Waals surface area contributed by atoms with E-state index in [1.807, 2.05) is 35.2 Å². The molecule has 3 aromatic rings. The summed E-state index contributed by atoms with van der Waals surface area (Å²) in [5.41, 5.74) is 1.51. The highest BCUT2D eigenvalue weighted by molar-refractivity contribution is 7.07. The molecule has 1 aromatic carbocycles. The summed E-state index contributed by atoms with van der Waals surface area (Å²) in [4.78, 5) is 12.8. The Labute approximate surface area is 143 Å². The van der Waals surface area contributed by atoms with Crippen molar-refractivity contribution in [2.75, 3.05) is 6.54 Å². The Morgan fingerprint density at radius 2 is 2.12 bits per heavy atom. The third kappa shape index (κ3) is 3.86. The predicted molar refractivity (Wildman–Crippen MR) is 90.6 cm³/mol. The minimum atomic E-state index is -0.255. The number of carbonyl (C=O) groups excluding carboxylic acids is 1. The lowest BCUT2D eigenvalue weighted by Crippen LogP contribution is -2.31. The molecule has 1 unspecified atom stereocenters. The summed E-state index contributed by atoms with van der Waals surface area (Å²) in [5.74, 6) is -0.437. The number of rotatable bonds is 6.